The van der Waals surface area contributed by atoms with Gasteiger partial charge in [0, 0.05) is 13.2 Å². The molecule has 16 heavy (non-hydrogen) atoms. The lowest BCUT2D eigenvalue weighted by Gasteiger charge is -2.44. The first-order chi connectivity index (χ1) is 7.74. The summed E-state index contributed by atoms with van der Waals surface area (Å²) in [5.74, 6) is 1.25. The van der Waals surface area contributed by atoms with E-state index >= 15 is 0 Å². The maximum absolute atomic E-state index is 9.14. The molecule has 1 saturated heterocycles. The first kappa shape index (κ1) is 12.4. The Hall–Kier alpha value is -0.0800. The molecule has 1 aliphatic heterocycles. The van der Waals surface area contributed by atoms with E-state index in [1.165, 1.54) is 51.4 Å². The molecular formula is C14H26O2. The quantitative estimate of drug-likeness (QED) is 0.801. The molecule has 1 N–H and O–H groups in total. The molecule has 2 unspecified atom stereocenters. The Morgan fingerprint density at radius 2 is 2.06 bits per heavy atom. The van der Waals surface area contributed by atoms with Gasteiger partial charge in [-0.3, -0.25) is 0 Å². The van der Waals surface area contributed by atoms with Crippen LogP contribution in [-0.2, 0) is 4.74 Å². The first-order valence-corrected chi connectivity index (χ1v) is 6.99. The predicted molar refractivity (Wildman–Crippen MR) is 65.4 cm³/mol. The summed E-state index contributed by atoms with van der Waals surface area (Å²) >= 11 is 0. The minimum Gasteiger partial charge on any atom is -0.396 e. The van der Waals surface area contributed by atoms with Gasteiger partial charge in [0.25, 0.3) is 0 Å². The predicted octanol–water partition coefficient (Wildman–Crippen LogP) is 3.13. The zero-order chi connectivity index (χ0) is 11.4. The van der Waals surface area contributed by atoms with Gasteiger partial charge in [-0.2, -0.15) is 0 Å². The summed E-state index contributed by atoms with van der Waals surface area (Å²) in [5, 5.41) is 9.14. The molecule has 94 valence electrons. The molecule has 2 heteroatoms. The zero-order valence-corrected chi connectivity index (χ0v) is 10.6. The van der Waals surface area contributed by atoms with Gasteiger partial charge in [0.1, 0.15) is 0 Å². The molecule has 1 heterocycles. The molecule has 2 atom stereocenters. The first-order valence-electron chi connectivity index (χ1n) is 6.99. The summed E-state index contributed by atoms with van der Waals surface area (Å²) in [6.45, 7) is 3.44. The van der Waals surface area contributed by atoms with Gasteiger partial charge in [-0.15, -0.1) is 0 Å². The highest BCUT2D eigenvalue weighted by Crippen LogP contribution is 2.42. The van der Waals surface area contributed by atoms with Gasteiger partial charge in [-0.25, -0.2) is 0 Å². The van der Waals surface area contributed by atoms with Crippen molar-refractivity contribution < 1.29 is 9.84 Å². The van der Waals surface area contributed by atoms with E-state index in [0.717, 1.165) is 12.5 Å². The highest BCUT2D eigenvalue weighted by atomic mass is 16.5. The lowest BCUT2D eigenvalue weighted by molar-refractivity contribution is -0.120. The third-order valence-electron chi connectivity index (χ3n) is 4.41. The molecule has 0 amide bonds. The van der Waals surface area contributed by atoms with Crippen LogP contribution >= 0.6 is 0 Å². The van der Waals surface area contributed by atoms with Crippen LogP contribution in [0, 0.1) is 11.8 Å². The summed E-state index contributed by atoms with van der Waals surface area (Å²) in [6, 6.07) is 0. The molecule has 2 aliphatic rings. The Bertz CT molecular complexity index is 203. The number of hydrogen-bond donors (Lipinski definition) is 1. The largest absolute Gasteiger partial charge is 0.396 e. The van der Waals surface area contributed by atoms with Gasteiger partial charge in [0.05, 0.1) is 5.60 Å². The van der Waals surface area contributed by atoms with Crippen LogP contribution in [0.5, 0.6) is 0 Å². The maximum atomic E-state index is 9.14. The second-order valence-corrected chi connectivity index (χ2v) is 5.97. The minimum absolute atomic E-state index is 0.232. The van der Waals surface area contributed by atoms with Gasteiger partial charge >= 0.3 is 0 Å². The molecule has 0 radical (unpaired) electrons. The fourth-order valence-electron chi connectivity index (χ4n) is 3.52. The molecule has 0 bridgehead atoms. The highest BCUT2D eigenvalue weighted by Gasteiger charge is 2.38. The number of hydrogen-bond acceptors (Lipinski definition) is 2. The maximum Gasteiger partial charge on any atom is 0.0685 e. The van der Waals surface area contributed by atoms with Crippen molar-refractivity contribution >= 4 is 0 Å². The summed E-state index contributed by atoms with van der Waals surface area (Å²) in [5.41, 5.74) is 0.232. The molecule has 0 aromatic rings. The normalized spacial score (nSPS) is 31.5. The zero-order valence-electron chi connectivity index (χ0n) is 10.6. The van der Waals surface area contributed by atoms with Gasteiger partial charge in [-0.1, -0.05) is 26.2 Å². The van der Waals surface area contributed by atoms with E-state index < -0.39 is 0 Å². The molecule has 2 fully saturated rings. The van der Waals surface area contributed by atoms with Crippen LogP contribution in [0.1, 0.15) is 58.3 Å². The molecule has 1 saturated carbocycles. The van der Waals surface area contributed by atoms with Crippen LogP contribution in [0.2, 0.25) is 0 Å². The lowest BCUT2D eigenvalue weighted by atomic mass is 9.74. The van der Waals surface area contributed by atoms with E-state index in [9.17, 15) is 0 Å². The van der Waals surface area contributed by atoms with Crippen LogP contribution in [0.25, 0.3) is 0 Å². The monoisotopic (exact) mass is 226 g/mol. The number of aliphatic hydroxyl groups is 1. The summed E-state index contributed by atoms with van der Waals surface area (Å²) in [6.07, 6.45) is 10.3. The minimum atomic E-state index is 0.232. The highest BCUT2D eigenvalue weighted by molar-refractivity contribution is 4.89. The van der Waals surface area contributed by atoms with Gasteiger partial charge in [0.15, 0.2) is 0 Å². The third kappa shape index (κ3) is 2.98. The molecule has 1 spiro atoms. The van der Waals surface area contributed by atoms with E-state index in [1.807, 2.05) is 0 Å². The van der Waals surface area contributed by atoms with Gasteiger partial charge < -0.3 is 9.84 Å². The van der Waals surface area contributed by atoms with Crippen molar-refractivity contribution in [2.45, 2.75) is 63.9 Å². The van der Waals surface area contributed by atoms with E-state index in [-0.39, 0.29) is 5.60 Å². The second-order valence-electron chi connectivity index (χ2n) is 5.97. The van der Waals surface area contributed by atoms with E-state index in [4.69, 9.17) is 9.84 Å². The van der Waals surface area contributed by atoms with E-state index in [2.05, 4.69) is 6.92 Å². The van der Waals surface area contributed by atoms with Crippen molar-refractivity contribution in [2.75, 3.05) is 13.2 Å². The van der Waals surface area contributed by atoms with Crippen LogP contribution in [0.4, 0.5) is 0 Å². The Kier molecular flexibility index (Phi) is 4.26. The van der Waals surface area contributed by atoms with Crippen LogP contribution < -0.4 is 0 Å². The van der Waals surface area contributed by atoms with Gasteiger partial charge in [0.2, 0.25) is 0 Å². The Morgan fingerprint density at radius 3 is 2.75 bits per heavy atom. The molecule has 2 rings (SSSR count). The van der Waals surface area contributed by atoms with Crippen LogP contribution in [0.3, 0.4) is 0 Å². The topological polar surface area (TPSA) is 29.5 Å². The molecule has 0 aromatic carbocycles. The van der Waals surface area contributed by atoms with Crippen LogP contribution in [-0.4, -0.2) is 23.9 Å². The van der Waals surface area contributed by atoms with Crippen molar-refractivity contribution in [3.05, 3.63) is 0 Å². The van der Waals surface area contributed by atoms with Crippen molar-refractivity contribution in [1.29, 1.82) is 0 Å². The second kappa shape index (κ2) is 5.50. The molecule has 1 aliphatic carbocycles. The molecular weight excluding hydrogens is 200 g/mol. The SMILES string of the molecule is CC(CO)CC1CCOC2(CCCCC2)C1. The van der Waals surface area contributed by atoms with Crippen molar-refractivity contribution in [3.8, 4) is 0 Å². The van der Waals surface area contributed by atoms with Crippen LogP contribution in [0.15, 0.2) is 0 Å². The van der Waals surface area contributed by atoms with Gasteiger partial charge in [-0.05, 0) is 43.9 Å². The summed E-state index contributed by atoms with van der Waals surface area (Å²) < 4.78 is 6.09. The Morgan fingerprint density at radius 1 is 1.31 bits per heavy atom. The lowest BCUT2D eigenvalue weighted by Crippen LogP contribution is -2.41. The fourth-order valence-corrected chi connectivity index (χ4v) is 3.52. The molecule has 0 aromatic heterocycles. The van der Waals surface area contributed by atoms with Crippen molar-refractivity contribution in [2.24, 2.45) is 11.8 Å². The number of aliphatic hydroxyl groups excluding tert-OH is 1. The van der Waals surface area contributed by atoms with E-state index in [1.54, 1.807) is 0 Å². The Balaban J connectivity index is 1.87. The summed E-state index contributed by atoms with van der Waals surface area (Å²) in [4.78, 5) is 0. The Labute approximate surface area is 99.4 Å². The number of ether oxygens (including phenoxy) is 1. The average molecular weight is 226 g/mol. The number of rotatable bonds is 3. The summed E-state index contributed by atoms with van der Waals surface area (Å²) in [7, 11) is 0. The van der Waals surface area contributed by atoms with Crippen molar-refractivity contribution in [1.82, 2.24) is 0 Å². The fraction of sp³-hybridized carbons (Fsp3) is 1.00. The third-order valence-corrected chi connectivity index (χ3v) is 4.41. The smallest absolute Gasteiger partial charge is 0.0685 e. The standard InChI is InChI=1S/C14H26O2/c1-12(11-15)9-13-5-8-16-14(10-13)6-3-2-4-7-14/h12-13,15H,2-11H2,1H3. The van der Waals surface area contributed by atoms with Crippen molar-refractivity contribution in [3.63, 3.8) is 0 Å². The molecule has 2 nitrogen and oxygen atoms in total. The van der Waals surface area contributed by atoms with E-state index in [0.29, 0.717) is 12.5 Å². The average Bonchev–Trinajstić information content (AvgIpc) is 2.30.